The summed E-state index contributed by atoms with van der Waals surface area (Å²) in [4.78, 5) is 17.1. The summed E-state index contributed by atoms with van der Waals surface area (Å²) in [7, 11) is 0. The van der Waals surface area contributed by atoms with E-state index in [0.29, 0.717) is 16.7 Å². The molecule has 6 nitrogen and oxygen atoms in total. The Bertz CT molecular complexity index is 1220. The average molecular weight is 522 g/mol. The van der Waals surface area contributed by atoms with Crippen molar-refractivity contribution in [1.82, 2.24) is 10.6 Å². The van der Waals surface area contributed by atoms with Gasteiger partial charge >= 0.3 is 0 Å². The number of carbonyl (C=O) groups is 1. The van der Waals surface area contributed by atoms with Crippen LogP contribution in [0.3, 0.4) is 0 Å². The summed E-state index contributed by atoms with van der Waals surface area (Å²) >= 11 is 17.6. The first-order valence-corrected chi connectivity index (χ1v) is 11.6. The molecule has 2 aliphatic rings. The van der Waals surface area contributed by atoms with Gasteiger partial charge < -0.3 is 15.4 Å². The molecule has 1 atom stereocenters. The lowest BCUT2D eigenvalue weighted by Gasteiger charge is -2.20. The Morgan fingerprint density at radius 1 is 1.29 bits per heavy atom. The van der Waals surface area contributed by atoms with Gasteiger partial charge in [-0.3, -0.25) is 10.2 Å². The molecule has 0 spiro atoms. The Morgan fingerprint density at radius 3 is 2.79 bits per heavy atom. The van der Waals surface area contributed by atoms with Crippen molar-refractivity contribution in [3.05, 3.63) is 87.0 Å². The van der Waals surface area contributed by atoms with E-state index in [1.807, 2.05) is 18.2 Å². The van der Waals surface area contributed by atoms with Crippen LogP contribution in [0.4, 0.5) is 4.39 Å². The Labute approximate surface area is 211 Å². The number of nitrogens with one attached hydrogen (secondary N) is 3. The molecule has 2 aromatic carbocycles. The number of rotatable bonds is 8. The second-order valence-corrected chi connectivity index (χ2v) is 9.04. The molecular weight excluding hydrogens is 502 g/mol. The number of benzene rings is 2. The van der Waals surface area contributed by atoms with Crippen LogP contribution in [0.5, 0.6) is 5.75 Å². The first-order valence-electron chi connectivity index (χ1n) is 10.5. The summed E-state index contributed by atoms with van der Waals surface area (Å²) in [6.07, 6.45) is 3.31. The third-order valence-corrected chi connectivity index (χ3v) is 5.86. The Morgan fingerprint density at radius 2 is 2.09 bits per heavy atom. The maximum absolute atomic E-state index is 14.8. The summed E-state index contributed by atoms with van der Waals surface area (Å²) in [6.45, 7) is -0.336. The van der Waals surface area contributed by atoms with E-state index in [1.165, 1.54) is 36.1 Å². The van der Waals surface area contributed by atoms with Gasteiger partial charge in [-0.1, -0.05) is 53.0 Å². The molecule has 1 fully saturated rings. The molecule has 176 valence electrons. The van der Waals surface area contributed by atoms with E-state index in [4.69, 9.17) is 44.9 Å². The van der Waals surface area contributed by atoms with Crippen LogP contribution in [0.1, 0.15) is 36.1 Å². The second-order valence-electron chi connectivity index (χ2n) is 7.79. The second kappa shape index (κ2) is 10.6. The highest BCUT2D eigenvalue weighted by atomic mass is 35.5. The van der Waals surface area contributed by atoms with Crippen molar-refractivity contribution in [3.8, 4) is 5.75 Å². The van der Waals surface area contributed by atoms with Crippen molar-refractivity contribution in [2.45, 2.75) is 24.9 Å². The lowest BCUT2D eigenvalue weighted by molar-refractivity contribution is -0.118. The molecule has 1 saturated carbocycles. The van der Waals surface area contributed by atoms with Crippen molar-refractivity contribution < 1.29 is 13.9 Å². The van der Waals surface area contributed by atoms with Crippen LogP contribution in [-0.4, -0.2) is 23.8 Å². The zero-order valence-electron chi connectivity index (χ0n) is 17.7. The molecule has 1 heterocycles. The Kier molecular flexibility index (Phi) is 7.56. The van der Waals surface area contributed by atoms with E-state index in [9.17, 15) is 9.18 Å². The summed E-state index contributed by atoms with van der Waals surface area (Å²) in [6, 6.07) is 12.1. The highest BCUT2D eigenvalue weighted by Gasteiger charge is 2.25. The molecule has 0 saturated heterocycles. The van der Waals surface area contributed by atoms with Crippen LogP contribution in [0, 0.1) is 5.41 Å². The number of ether oxygens (including phenoxy) is 1. The monoisotopic (exact) mass is 520 g/mol. The molecular formula is C24H20Cl3FN4O2. The number of carbonyl (C=O) groups excluding carboxylic acids is 1. The van der Waals surface area contributed by atoms with E-state index < -0.39 is 12.1 Å². The maximum atomic E-state index is 14.8. The van der Waals surface area contributed by atoms with Crippen molar-refractivity contribution in [2.24, 2.45) is 4.99 Å². The molecule has 1 amide bonds. The van der Waals surface area contributed by atoms with Crippen LogP contribution in [0.15, 0.2) is 70.8 Å². The number of alkyl halides is 1. The number of amides is 1. The molecule has 34 heavy (non-hydrogen) atoms. The van der Waals surface area contributed by atoms with Gasteiger partial charge in [0.1, 0.15) is 22.9 Å². The van der Waals surface area contributed by atoms with Crippen LogP contribution >= 0.6 is 34.8 Å². The highest BCUT2D eigenvalue weighted by Crippen LogP contribution is 2.41. The van der Waals surface area contributed by atoms with Gasteiger partial charge in [0.25, 0.3) is 5.91 Å². The predicted molar refractivity (Wildman–Crippen MR) is 133 cm³/mol. The number of hydrogen-bond acceptors (Lipinski definition) is 5. The van der Waals surface area contributed by atoms with Gasteiger partial charge in [0.05, 0.1) is 12.8 Å². The SMILES string of the molecule is N=C(Cl)/C=C1/N=CC(Oc2cccc(C3CC3)c2)=C(C(=O)NCC(F)c2ccc(Cl)cc2Cl)N1. The number of halogens is 4. The Hall–Kier alpha value is -2.87. The van der Waals surface area contributed by atoms with Crippen LogP contribution in [0.2, 0.25) is 10.0 Å². The maximum Gasteiger partial charge on any atom is 0.271 e. The fraction of sp³-hybridized carbons (Fsp3) is 0.208. The minimum Gasteiger partial charge on any atom is -0.453 e. The lowest BCUT2D eigenvalue weighted by Crippen LogP contribution is -2.36. The normalized spacial score (nSPS) is 17.4. The number of aliphatic imine (C=N–C) groups is 1. The summed E-state index contributed by atoms with van der Waals surface area (Å²) in [5, 5.41) is 13.0. The van der Waals surface area contributed by atoms with Crippen LogP contribution in [0.25, 0.3) is 0 Å². The molecule has 1 aliphatic heterocycles. The van der Waals surface area contributed by atoms with Crippen molar-refractivity contribution in [1.29, 1.82) is 5.41 Å². The fourth-order valence-corrected chi connectivity index (χ4v) is 4.00. The van der Waals surface area contributed by atoms with Gasteiger partial charge in [-0.15, -0.1) is 0 Å². The molecule has 4 rings (SSSR count). The zero-order valence-corrected chi connectivity index (χ0v) is 20.0. The first kappa shape index (κ1) is 24.3. The van der Waals surface area contributed by atoms with Gasteiger partial charge in [0.15, 0.2) is 11.5 Å². The van der Waals surface area contributed by atoms with Crippen molar-refractivity contribution in [3.63, 3.8) is 0 Å². The van der Waals surface area contributed by atoms with E-state index >= 15 is 0 Å². The van der Waals surface area contributed by atoms with E-state index in [0.717, 1.165) is 12.8 Å². The third kappa shape index (κ3) is 6.17. The Balaban J connectivity index is 1.53. The van der Waals surface area contributed by atoms with Gasteiger partial charge in [-0.25, -0.2) is 9.38 Å². The van der Waals surface area contributed by atoms with Gasteiger partial charge in [0, 0.05) is 21.7 Å². The zero-order chi connectivity index (χ0) is 24.2. The van der Waals surface area contributed by atoms with Crippen molar-refractivity contribution in [2.75, 3.05) is 6.54 Å². The van der Waals surface area contributed by atoms with Crippen molar-refractivity contribution >= 4 is 52.1 Å². The number of hydrogen-bond donors (Lipinski definition) is 3. The average Bonchev–Trinajstić information content (AvgIpc) is 3.64. The summed E-state index contributed by atoms with van der Waals surface area (Å²) in [5.74, 6) is 0.764. The quantitative estimate of drug-likeness (QED) is 0.371. The lowest BCUT2D eigenvalue weighted by atomic mass is 10.1. The van der Waals surface area contributed by atoms with E-state index in [2.05, 4.69) is 15.6 Å². The highest BCUT2D eigenvalue weighted by molar-refractivity contribution is 6.67. The molecule has 10 heteroatoms. The first-order chi connectivity index (χ1) is 16.3. The molecule has 2 aromatic rings. The van der Waals surface area contributed by atoms with E-state index in [-0.39, 0.29) is 39.6 Å². The summed E-state index contributed by atoms with van der Waals surface area (Å²) in [5.41, 5.74) is 1.38. The largest absolute Gasteiger partial charge is 0.453 e. The number of nitrogens with zero attached hydrogens (tertiary/aromatic N) is 1. The minimum absolute atomic E-state index is 0.00500. The van der Waals surface area contributed by atoms with Crippen LogP contribution in [-0.2, 0) is 4.79 Å². The smallest absolute Gasteiger partial charge is 0.271 e. The van der Waals surface area contributed by atoms with E-state index in [1.54, 1.807) is 6.07 Å². The van der Waals surface area contributed by atoms with Gasteiger partial charge in [-0.2, -0.15) is 0 Å². The van der Waals surface area contributed by atoms with Crippen LogP contribution < -0.4 is 15.4 Å². The molecule has 0 radical (unpaired) electrons. The molecule has 3 N–H and O–H groups in total. The predicted octanol–water partition coefficient (Wildman–Crippen LogP) is 6.02. The fourth-order valence-electron chi connectivity index (χ4n) is 3.37. The molecule has 0 aromatic heterocycles. The molecule has 1 aliphatic carbocycles. The molecule has 1 unspecified atom stereocenters. The number of allylic oxidation sites excluding steroid dienone is 2. The minimum atomic E-state index is -1.56. The molecule has 0 bridgehead atoms. The third-order valence-electron chi connectivity index (χ3n) is 5.19. The topological polar surface area (TPSA) is 86.6 Å². The van der Waals surface area contributed by atoms with Gasteiger partial charge in [0.2, 0.25) is 0 Å². The summed E-state index contributed by atoms with van der Waals surface area (Å²) < 4.78 is 20.7. The standard InChI is InChI=1S/C24H20Cl3FN4O2/c25-15-6-7-17(18(26)9-15)19(28)11-31-24(33)23-20(12-30-22(32-23)10-21(27)29)34-16-3-1-2-14(8-16)13-4-5-13/h1-3,6-10,12-13,19,29,32H,4-5,11H2,(H,31,33)/b22-10-,29-21?. The van der Waals surface area contributed by atoms with Gasteiger partial charge in [-0.05, 0) is 48.6 Å².